The molecule has 23 heavy (non-hydrogen) atoms. The molecule has 0 fully saturated rings. The number of nitrogens with one attached hydrogen (secondary N) is 1. The summed E-state index contributed by atoms with van der Waals surface area (Å²) < 4.78 is 0. The molecule has 1 aromatic carbocycles. The third-order valence-electron chi connectivity index (χ3n) is 3.04. The molecule has 0 atom stereocenters. The average molecular weight is 341 g/mol. The van der Waals surface area contributed by atoms with Crippen molar-refractivity contribution < 1.29 is 4.79 Å². The highest BCUT2D eigenvalue weighted by molar-refractivity contribution is 7.99. The zero-order valence-electron chi connectivity index (χ0n) is 12.3. The molecule has 0 bridgehead atoms. The van der Waals surface area contributed by atoms with Crippen molar-refractivity contribution in [1.29, 1.82) is 0 Å². The first-order valence-corrected chi connectivity index (χ1v) is 9.02. The molecule has 0 aliphatic heterocycles. The molecule has 2 aromatic heterocycles. The molecule has 0 saturated carbocycles. The van der Waals surface area contributed by atoms with Crippen molar-refractivity contribution in [2.75, 3.05) is 11.1 Å². The lowest BCUT2D eigenvalue weighted by atomic mass is 10.2. The molecule has 0 spiro atoms. The Morgan fingerprint density at radius 2 is 1.96 bits per heavy atom. The fourth-order valence-electron chi connectivity index (χ4n) is 1.94. The minimum atomic E-state index is -0.0256. The molecule has 1 amide bonds. The largest absolute Gasteiger partial charge is 0.302 e. The van der Waals surface area contributed by atoms with Crippen molar-refractivity contribution >= 4 is 34.1 Å². The van der Waals surface area contributed by atoms with Gasteiger partial charge in [0.2, 0.25) is 5.91 Å². The average Bonchev–Trinajstić information content (AvgIpc) is 3.05. The summed E-state index contributed by atoms with van der Waals surface area (Å²) in [7, 11) is 0. The van der Waals surface area contributed by atoms with Crippen LogP contribution < -0.4 is 5.32 Å². The van der Waals surface area contributed by atoms with Crippen molar-refractivity contribution in [3.63, 3.8) is 0 Å². The van der Waals surface area contributed by atoms with E-state index >= 15 is 0 Å². The molecule has 6 heteroatoms. The van der Waals surface area contributed by atoms with Crippen LogP contribution in [-0.2, 0) is 4.79 Å². The Balaban J connectivity index is 1.49. The van der Waals surface area contributed by atoms with Gasteiger partial charge >= 0.3 is 0 Å². The van der Waals surface area contributed by atoms with E-state index in [1.165, 1.54) is 11.3 Å². The molecular formula is C17H15N3OS2. The summed E-state index contributed by atoms with van der Waals surface area (Å²) in [6, 6.07) is 15.7. The molecular weight excluding hydrogens is 326 g/mol. The maximum Gasteiger partial charge on any atom is 0.226 e. The van der Waals surface area contributed by atoms with E-state index in [0.717, 1.165) is 16.3 Å². The summed E-state index contributed by atoms with van der Waals surface area (Å²) >= 11 is 3.01. The first-order chi connectivity index (χ1) is 11.3. The molecule has 2 heterocycles. The second-order valence-corrected chi connectivity index (χ2v) is 6.69. The lowest BCUT2D eigenvalue weighted by Gasteiger charge is -2.01. The molecule has 116 valence electrons. The molecule has 1 N–H and O–H groups in total. The van der Waals surface area contributed by atoms with E-state index in [1.54, 1.807) is 18.0 Å². The second-order valence-electron chi connectivity index (χ2n) is 4.72. The van der Waals surface area contributed by atoms with Crippen LogP contribution in [0.15, 0.2) is 65.1 Å². The number of carbonyl (C=O) groups excluding carboxylic acids is 1. The number of pyridine rings is 1. The van der Waals surface area contributed by atoms with E-state index in [4.69, 9.17) is 0 Å². The number of thiazole rings is 1. The van der Waals surface area contributed by atoms with Crippen LogP contribution in [0.5, 0.6) is 0 Å². The number of rotatable bonds is 6. The highest BCUT2D eigenvalue weighted by atomic mass is 32.2. The summed E-state index contributed by atoms with van der Waals surface area (Å²) in [6.07, 6.45) is 2.19. The predicted octanol–water partition coefficient (Wildman–Crippen LogP) is 4.33. The highest BCUT2D eigenvalue weighted by Gasteiger charge is 2.08. The van der Waals surface area contributed by atoms with E-state index in [2.05, 4.69) is 15.3 Å². The molecule has 3 aromatic rings. The Labute approximate surface area is 143 Å². The number of carbonyl (C=O) groups is 1. The molecule has 0 radical (unpaired) electrons. The SMILES string of the molecule is O=C(CCSc1ccccn1)Nc1nc(-c2ccccc2)cs1. The van der Waals surface area contributed by atoms with Gasteiger partial charge in [0, 0.05) is 29.3 Å². The van der Waals surface area contributed by atoms with E-state index in [0.29, 0.717) is 17.3 Å². The smallest absolute Gasteiger partial charge is 0.226 e. The first-order valence-electron chi connectivity index (χ1n) is 7.16. The van der Waals surface area contributed by atoms with Crippen molar-refractivity contribution in [1.82, 2.24) is 9.97 Å². The monoisotopic (exact) mass is 341 g/mol. The number of thioether (sulfide) groups is 1. The van der Waals surface area contributed by atoms with Gasteiger partial charge in [0.05, 0.1) is 10.7 Å². The second kappa shape index (κ2) is 7.89. The normalized spacial score (nSPS) is 10.4. The number of nitrogens with zero attached hydrogens (tertiary/aromatic N) is 2. The Morgan fingerprint density at radius 3 is 2.74 bits per heavy atom. The molecule has 3 rings (SSSR count). The highest BCUT2D eigenvalue weighted by Crippen LogP contribution is 2.24. The molecule has 0 unspecified atom stereocenters. The summed E-state index contributed by atoms with van der Waals surface area (Å²) in [5, 5.41) is 6.37. The maximum absolute atomic E-state index is 12.0. The first kappa shape index (κ1) is 15.7. The maximum atomic E-state index is 12.0. The predicted molar refractivity (Wildman–Crippen MR) is 95.8 cm³/mol. The third-order valence-corrected chi connectivity index (χ3v) is 4.74. The fraction of sp³-hybridized carbons (Fsp3) is 0.118. The van der Waals surface area contributed by atoms with Gasteiger partial charge in [-0.05, 0) is 12.1 Å². The van der Waals surface area contributed by atoms with E-state index < -0.39 is 0 Å². The van der Waals surface area contributed by atoms with Crippen LogP contribution in [0.25, 0.3) is 11.3 Å². The molecule has 0 aliphatic rings. The Morgan fingerprint density at radius 1 is 1.13 bits per heavy atom. The third kappa shape index (κ3) is 4.64. The van der Waals surface area contributed by atoms with E-state index in [1.807, 2.05) is 53.9 Å². The Hall–Kier alpha value is -2.18. The summed E-state index contributed by atoms with van der Waals surface area (Å²) in [4.78, 5) is 20.6. The van der Waals surface area contributed by atoms with Gasteiger partial charge in [-0.1, -0.05) is 36.4 Å². The summed E-state index contributed by atoms with van der Waals surface area (Å²) in [5.74, 6) is 0.669. The van der Waals surface area contributed by atoms with Crippen LogP contribution in [0.1, 0.15) is 6.42 Å². The van der Waals surface area contributed by atoms with Gasteiger partial charge in [-0.15, -0.1) is 23.1 Å². The van der Waals surface area contributed by atoms with Gasteiger partial charge < -0.3 is 5.32 Å². The minimum Gasteiger partial charge on any atom is -0.302 e. The van der Waals surface area contributed by atoms with Crippen LogP contribution >= 0.6 is 23.1 Å². The lowest BCUT2D eigenvalue weighted by Crippen LogP contribution is -2.11. The molecule has 0 aliphatic carbocycles. The Kier molecular flexibility index (Phi) is 5.39. The van der Waals surface area contributed by atoms with E-state index in [-0.39, 0.29) is 5.91 Å². The molecule has 0 saturated heterocycles. The van der Waals surface area contributed by atoms with Gasteiger partial charge in [-0.2, -0.15) is 0 Å². The van der Waals surface area contributed by atoms with Gasteiger partial charge in [0.15, 0.2) is 5.13 Å². The number of hydrogen-bond acceptors (Lipinski definition) is 5. The summed E-state index contributed by atoms with van der Waals surface area (Å²) in [5.41, 5.74) is 1.93. The van der Waals surface area contributed by atoms with Crippen LogP contribution in [0, 0.1) is 0 Å². The van der Waals surface area contributed by atoms with Gasteiger partial charge in [0.25, 0.3) is 0 Å². The van der Waals surface area contributed by atoms with Crippen molar-refractivity contribution in [2.24, 2.45) is 0 Å². The standard InChI is InChI=1S/C17H15N3OS2/c21-15(9-11-22-16-8-4-5-10-18-16)20-17-19-14(12-23-17)13-6-2-1-3-7-13/h1-8,10,12H,9,11H2,(H,19,20,21). The van der Waals surface area contributed by atoms with Gasteiger partial charge in [0.1, 0.15) is 0 Å². The van der Waals surface area contributed by atoms with Crippen molar-refractivity contribution in [3.05, 3.63) is 60.1 Å². The number of aromatic nitrogens is 2. The van der Waals surface area contributed by atoms with Crippen molar-refractivity contribution in [2.45, 2.75) is 11.4 Å². The van der Waals surface area contributed by atoms with Crippen LogP contribution in [-0.4, -0.2) is 21.6 Å². The topological polar surface area (TPSA) is 54.9 Å². The van der Waals surface area contributed by atoms with Crippen molar-refractivity contribution in [3.8, 4) is 11.3 Å². The fourth-order valence-corrected chi connectivity index (χ4v) is 3.48. The minimum absolute atomic E-state index is 0.0256. The number of benzene rings is 1. The van der Waals surface area contributed by atoms with Gasteiger partial charge in [-0.3, -0.25) is 4.79 Å². The Bertz CT molecular complexity index is 760. The number of anilines is 1. The van der Waals surface area contributed by atoms with Crippen LogP contribution in [0.3, 0.4) is 0 Å². The van der Waals surface area contributed by atoms with Crippen LogP contribution in [0.2, 0.25) is 0 Å². The van der Waals surface area contributed by atoms with Crippen LogP contribution in [0.4, 0.5) is 5.13 Å². The summed E-state index contributed by atoms with van der Waals surface area (Å²) in [6.45, 7) is 0. The van der Waals surface area contributed by atoms with Gasteiger partial charge in [-0.25, -0.2) is 9.97 Å². The number of hydrogen-bond donors (Lipinski definition) is 1. The zero-order chi connectivity index (χ0) is 15.9. The van der Waals surface area contributed by atoms with E-state index in [9.17, 15) is 4.79 Å². The zero-order valence-corrected chi connectivity index (χ0v) is 13.9. The number of amides is 1. The quantitative estimate of drug-likeness (QED) is 0.678. The lowest BCUT2D eigenvalue weighted by molar-refractivity contribution is -0.115. The molecule has 4 nitrogen and oxygen atoms in total.